The SMILES string of the molecule is CNC1Nc2c(Br)c(Br)c(Br)c(Br)c2N1. The highest BCUT2D eigenvalue weighted by Crippen LogP contribution is 2.49. The highest BCUT2D eigenvalue weighted by atomic mass is 79.9. The minimum absolute atomic E-state index is 0.0498. The van der Waals surface area contributed by atoms with Crippen molar-refractivity contribution in [3.63, 3.8) is 0 Å². The van der Waals surface area contributed by atoms with Crippen LogP contribution in [0.1, 0.15) is 0 Å². The fraction of sp³-hybridized carbons (Fsp3) is 0.250. The van der Waals surface area contributed by atoms with Crippen LogP contribution in [0, 0.1) is 0 Å². The van der Waals surface area contributed by atoms with Gasteiger partial charge in [-0.25, -0.2) is 0 Å². The Bertz CT molecular complexity index is 384. The van der Waals surface area contributed by atoms with E-state index in [1.165, 1.54) is 0 Å². The lowest BCUT2D eigenvalue weighted by atomic mass is 10.3. The average Bonchev–Trinajstić information content (AvgIpc) is 2.67. The molecule has 0 bridgehead atoms. The van der Waals surface area contributed by atoms with Crippen molar-refractivity contribution >= 4 is 75.1 Å². The Hall–Kier alpha value is 0.700. The zero-order chi connectivity index (χ0) is 11.2. The molecule has 1 heterocycles. The summed E-state index contributed by atoms with van der Waals surface area (Å²) < 4.78 is 3.97. The van der Waals surface area contributed by atoms with E-state index in [9.17, 15) is 0 Å². The molecule has 3 N–H and O–H groups in total. The molecule has 0 atom stereocenters. The minimum Gasteiger partial charge on any atom is -0.350 e. The van der Waals surface area contributed by atoms with E-state index >= 15 is 0 Å². The van der Waals surface area contributed by atoms with Crippen LogP contribution in [0.5, 0.6) is 0 Å². The van der Waals surface area contributed by atoms with Crippen molar-refractivity contribution in [1.82, 2.24) is 5.32 Å². The van der Waals surface area contributed by atoms with Gasteiger partial charge in [0.1, 0.15) is 0 Å². The maximum atomic E-state index is 3.54. The van der Waals surface area contributed by atoms with Gasteiger partial charge >= 0.3 is 0 Å². The van der Waals surface area contributed by atoms with Crippen LogP contribution in [0.2, 0.25) is 0 Å². The van der Waals surface area contributed by atoms with E-state index in [-0.39, 0.29) is 6.29 Å². The van der Waals surface area contributed by atoms with Crippen molar-refractivity contribution in [3.8, 4) is 0 Å². The molecular formula is C8H7Br4N3. The highest BCUT2D eigenvalue weighted by Gasteiger charge is 2.26. The van der Waals surface area contributed by atoms with Crippen molar-refractivity contribution in [2.24, 2.45) is 0 Å². The van der Waals surface area contributed by atoms with Crippen molar-refractivity contribution < 1.29 is 0 Å². The van der Waals surface area contributed by atoms with E-state index in [1.807, 2.05) is 7.05 Å². The van der Waals surface area contributed by atoms with Gasteiger partial charge in [-0.2, -0.15) is 0 Å². The predicted molar refractivity (Wildman–Crippen MR) is 77.3 cm³/mol. The van der Waals surface area contributed by atoms with Gasteiger partial charge in [0.25, 0.3) is 0 Å². The first kappa shape index (κ1) is 12.2. The maximum absolute atomic E-state index is 3.54. The summed E-state index contributed by atoms with van der Waals surface area (Å²) in [6.45, 7) is 0. The molecular weight excluding hydrogens is 458 g/mol. The first-order valence-corrected chi connectivity index (χ1v) is 7.29. The molecule has 0 amide bonds. The zero-order valence-corrected chi connectivity index (χ0v) is 13.9. The predicted octanol–water partition coefficient (Wildman–Crippen LogP) is 4.08. The van der Waals surface area contributed by atoms with Gasteiger partial charge in [-0.15, -0.1) is 0 Å². The molecule has 1 aromatic rings. The van der Waals surface area contributed by atoms with E-state index in [2.05, 4.69) is 79.7 Å². The Morgan fingerprint density at radius 1 is 0.867 bits per heavy atom. The second kappa shape index (κ2) is 4.52. The number of fused-ring (bicyclic) bond motifs is 1. The first-order chi connectivity index (χ1) is 7.06. The number of anilines is 2. The molecule has 0 spiro atoms. The lowest BCUT2D eigenvalue weighted by Crippen LogP contribution is -2.35. The largest absolute Gasteiger partial charge is 0.350 e. The molecule has 3 nitrogen and oxygen atoms in total. The fourth-order valence-electron chi connectivity index (χ4n) is 1.37. The number of nitrogens with one attached hydrogen (secondary N) is 3. The van der Waals surface area contributed by atoms with E-state index in [0.29, 0.717) is 0 Å². The number of halogens is 4. The van der Waals surface area contributed by atoms with Gasteiger partial charge in [0, 0.05) is 8.95 Å². The topological polar surface area (TPSA) is 36.1 Å². The van der Waals surface area contributed by atoms with Crippen LogP contribution < -0.4 is 16.0 Å². The maximum Gasteiger partial charge on any atom is 0.152 e. The summed E-state index contributed by atoms with van der Waals surface area (Å²) >= 11 is 14.1. The van der Waals surface area contributed by atoms with Crippen molar-refractivity contribution in [2.45, 2.75) is 6.29 Å². The van der Waals surface area contributed by atoms with Crippen LogP contribution in [-0.4, -0.2) is 13.3 Å². The van der Waals surface area contributed by atoms with Gasteiger partial charge in [-0.05, 0) is 70.8 Å². The summed E-state index contributed by atoms with van der Waals surface area (Å²) in [6, 6.07) is 0. The molecule has 0 saturated heterocycles. The number of hydrogen-bond donors (Lipinski definition) is 3. The molecule has 1 aromatic carbocycles. The van der Waals surface area contributed by atoms with Gasteiger partial charge in [0.05, 0.1) is 20.3 Å². The standard InChI is InChI=1S/C8H7Br4N3/c1-13-8-14-6-4(11)2(9)3(10)5(12)7(6)15-8/h8,13-15H,1H3. The Balaban J connectivity index is 2.59. The van der Waals surface area contributed by atoms with Crippen molar-refractivity contribution in [1.29, 1.82) is 0 Å². The average molecular weight is 465 g/mol. The fourth-order valence-corrected chi connectivity index (χ4v) is 3.72. The normalized spacial score (nSPS) is 14.7. The number of hydrogen-bond acceptors (Lipinski definition) is 3. The van der Waals surface area contributed by atoms with Crippen LogP contribution in [0.3, 0.4) is 0 Å². The molecule has 0 fully saturated rings. The lowest BCUT2D eigenvalue weighted by Gasteiger charge is -2.09. The third-order valence-corrected chi connectivity index (χ3v) is 6.90. The monoisotopic (exact) mass is 461 g/mol. The third-order valence-electron chi connectivity index (χ3n) is 2.13. The van der Waals surface area contributed by atoms with E-state index in [1.54, 1.807) is 0 Å². The number of rotatable bonds is 1. The second-order valence-corrected chi connectivity index (χ2v) is 6.19. The Morgan fingerprint density at radius 2 is 1.27 bits per heavy atom. The molecule has 0 unspecified atom stereocenters. The first-order valence-electron chi connectivity index (χ1n) is 4.12. The summed E-state index contributed by atoms with van der Waals surface area (Å²) in [7, 11) is 1.89. The van der Waals surface area contributed by atoms with E-state index in [4.69, 9.17) is 0 Å². The smallest absolute Gasteiger partial charge is 0.152 e. The van der Waals surface area contributed by atoms with Crippen LogP contribution in [-0.2, 0) is 0 Å². The van der Waals surface area contributed by atoms with Gasteiger partial charge in [0.15, 0.2) is 6.29 Å². The Kier molecular flexibility index (Phi) is 3.67. The summed E-state index contributed by atoms with van der Waals surface area (Å²) in [4.78, 5) is 0. The third kappa shape index (κ3) is 1.97. The molecule has 0 aliphatic carbocycles. The second-order valence-electron chi connectivity index (χ2n) is 3.02. The zero-order valence-electron chi connectivity index (χ0n) is 7.59. The molecule has 1 aliphatic rings. The number of benzene rings is 1. The van der Waals surface area contributed by atoms with Gasteiger partial charge in [-0.1, -0.05) is 0 Å². The lowest BCUT2D eigenvalue weighted by molar-refractivity contribution is 0.714. The molecule has 0 aromatic heterocycles. The van der Waals surface area contributed by atoms with Crippen molar-refractivity contribution in [2.75, 3.05) is 17.7 Å². The molecule has 0 radical (unpaired) electrons. The molecule has 0 saturated carbocycles. The van der Waals surface area contributed by atoms with E-state index in [0.717, 1.165) is 29.3 Å². The minimum atomic E-state index is 0.0498. The molecule has 7 heteroatoms. The summed E-state index contributed by atoms with van der Waals surface area (Å²) in [5.41, 5.74) is 2.08. The van der Waals surface area contributed by atoms with Gasteiger partial charge in [-0.3, -0.25) is 5.32 Å². The van der Waals surface area contributed by atoms with Crippen LogP contribution in [0.25, 0.3) is 0 Å². The van der Waals surface area contributed by atoms with E-state index < -0.39 is 0 Å². The summed E-state index contributed by atoms with van der Waals surface area (Å²) in [5, 5.41) is 9.73. The molecule has 2 rings (SSSR count). The summed E-state index contributed by atoms with van der Waals surface area (Å²) in [6.07, 6.45) is 0.0498. The van der Waals surface area contributed by atoms with Gasteiger partial charge in [0.2, 0.25) is 0 Å². The van der Waals surface area contributed by atoms with Gasteiger partial charge < -0.3 is 10.6 Å². The van der Waals surface area contributed by atoms with Crippen LogP contribution in [0.4, 0.5) is 11.4 Å². The quantitative estimate of drug-likeness (QED) is 0.433. The summed E-state index contributed by atoms with van der Waals surface area (Å²) in [5.74, 6) is 0. The Labute approximate surface area is 121 Å². The molecule has 82 valence electrons. The van der Waals surface area contributed by atoms with Crippen LogP contribution >= 0.6 is 63.7 Å². The molecule has 15 heavy (non-hydrogen) atoms. The van der Waals surface area contributed by atoms with Crippen molar-refractivity contribution in [3.05, 3.63) is 17.9 Å². The van der Waals surface area contributed by atoms with Crippen LogP contribution in [0.15, 0.2) is 17.9 Å². The molecule has 1 aliphatic heterocycles. The highest BCUT2D eigenvalue weighted by molar-refractivity contribution is 9.15. The Morgan fingerprint density at radius 3 is 1.60 bits per heavy atom.